The summed E-state index contributed by atoms with van der Waals surface area (Å²) in [5.41, 5.74) is 2.38. The molecule has 5 rings (SSSR count). The van der Waals surface area contributed by atoms with Gasteiger partial charge in [0.05, 0.1) is 0 Å². The molecule has 1 nitrogen and oxygen atoms in total. The average Bonchev–Trinajstić information content (AvgIpc) is 2.90. The Kier molecular flexibility index (Phi) is 5.83. The van der Waals surface area contributed by atoms with Gasteiger partial charge in [0.15, 0.2) is 5.75 Å². The Morgan fingerprint density at radius 3 is 1.09 bits per heavy atom. The molecule has 0 bridgehead atoms. The highest BCUT2D eigenvalue weighted by Crippen LogP contribution is 2.56. The van der Waals surface area contributed by atoms with Crippen LogP contribution in [0.25, 0.3) is 11.1 Å². The number of benzene rings is 5. The van der Waals surface area contributed by atoms with Crippen molar-refractivity contribution in [2.45, 2.75) is 0 Å². The van der Waals surface area contributed by atoms with Crippen LogP contribution in [0.1, 0.15) is 0 Å². The predicted molar refractivity (Wildman–Crippen MR) is 138 cm³/mol. The van der Waals surface area contributed by atoms with Gasteiger partial charge in [0, 0.05) is 0 Å². The minimum Gasteiger partial charge on any atom is -0.334 e. The molecule has 0 aromatic heterocycles. The average molecular weight is 431 g/mol. The van der Waals surface area contributed by atoms with Gasteiger partial charge in [0.2, 0.25) is 0 Å². The second-order valence-electron chi connectivity index (χ2n) is 7.60. The van der Waals surface area contributed by atoms with Crippen LogP contribution >= 0.6 is 7.49 Å². The van der Waals surface area contributed by atoms with Crippen LogP contribution in [0.15, 0.2) is 146 Å². The third kappa shape index (κ3) is 3.96. The van der Waals surface area contributed by atoms with Crippen molar-refractivity contribution in [1.29, 1.82) is 0 Å². The fraction of sp³-hybridized carbons (Fsp3) is 0. The van der Waals surface area contributed by atoms with Crippen LogP contribution in [0.3, 0.4) is 0 Å². The molecule has 0 aliphatic carbocycles. The van der Waals surface area contributed by atoms with E-state index in [-0.39, 0.29) is 0 Å². The molecule has 32 heavy (non-hydrogen) atoms. The van der Waals surface area contributed by atoms with E-state index < -0.39 is 7.49 Å². The molecule has 5 aromatic rings. The van der Waals surface area contributed by atoms with Gasteiger partial charge in [-0.25, -0.2) is 0 Å². The molecule has 0 saturated heterocycles. The summed E-state index contributed by atoms with van der Waals surface area (Å²) < 4.78 is 7.06. The van der Waals surface area contributed by atoms with Crippen LogP contribution in [-0.2, 0) is 0 Å². The molecule has 0 N–H and O–H groups in total. The SMILES string of the molecule is c1ccc(-c2ccc(O[P+](c3ccccc3)(c3ccccc3)c3ccccc3)cc2)cc1. The van der Waals surface area contributed by atoms with Gasteiger partial charge in [-0.1, -0.05) is 97.1 Å². The fourth-order valence-corrected chi connectivity index (χ4v) is 7.44. The third-order valence-corrected chi connectivity index (χ3v) is 9.12. The molecule has 0 heterocycles. The smallest absolute Gasteiger partial charge is 0.287 e. The molecule has 0 saturated carbocycles. The van der Waals surface area contributed by atoms with Crippen molar-refractivity contribution >= 4 is 23.4 Å². The van der Waals surface area contributed by atoms with Gasteiger partial charge in [-0.05, 0) is 59.7 Å². The molecular weight excluding hydrogens is 407 g/mol. The highest BCUT2D eigenvalue weighted by molar-refractivity contribution is 7.92. The first-order chi connectivity index (χ1) is 15.9. The van der Waals surface area contributed by atoms with Crippen molar-refractivity contribution in [3.05, 3.63) is 146 Å². The van der Waals surface area contributed by atoms with E-state index in [9.17, 15) is 0 Å². The van der Waals surface area contributed by atoms with Gasteiger partial charge >= 0.3 is 0 Å². The van der Waals surface area contributed by atoms with E-state index in [2.05, 4.69) is 140 Å². The maximum Gasteiger partial charge on any atom is 0.287 e. The highest BCUT2D eigenvalue weighted by atomic mass is 31.2. The maximum absolute atomic E-state index is 7.06. The summed E-state index contributed by atoms with van der Waals surface area (Å²) in [6.45, 7) is 0. The van der Waals surface area contributed by atoms with Crippen molar-refractivity contribution in [1.82, 2.24) is 0 Å². The summed E-state index contributed by atoms with van der Waals surface area (Å²) in [7, 11) is -2.36. The molecule has 0 aliphatic heterocycles. The van der Waals surface area contributed by atoms with Crippen LogP contribution in [0.2, 0.25) is 0 Å². The Balaban J connectivity index is 1.65. The van der Waals surface area contributed by atoms with Crippen molar-refractivity contribution < 1.29 is 4.52 Å². The van der Waals surface area contributed by atoms with Crippen molar-refractivity contribution in [3.8, 4) is 16.9 Å². The van der Waals surface area contributed by atoms with Crippen molar-refractivity contribution in [2.24, 2.45) is 0 Å². The molecule has 2 heteroatoms. The van der Waals surface area contributed by atoms with Crippen LogP contribution in [-0.4, -0.2) is 0 Å². The zero-order valence-corrected chi connectivity index (χ0v) is 18.6. The number of hydrogen-bond acceptors (Lipinski definition) is 1. The van der Waals surface area contributed by atoms with E-state index in [1.807, 2.05) is 6.07 Å². The Morgan fingerprint density at radius 2 is 0.688 bits per heavy atom. The first-order valence-corrected chi connectivity index (χ1v) is 12.5. The second-order valence-corrected chi connectivity index (χ2v) is 10.5. The summed E-state index contributed by atoms with van der Waals surface area (Å²) in [5.74, 6) is 0.870. The minimum absolute atomic E-state index is 0.870. The molecular formula is C30H24OP+. The van der Waals surface area contributed by atoms with E-state index in [0.29, 0.717) is 0 Å². The second kappa shape index (κ2) is 9.22. The van der Waals surface area contributed by atoms with Gasteiger partial charge in [0.1, 0.15) is 15.9 Å². The predicted octanol–water partition coefficient (Wildman–Crippen LogP) is 6.64. The Bertz CT molecular complexity index is 1160. The van der Waals surface area contributed by atoms with E-state index in [4.69, 9.17) is 4.52 Å². The molecule has 0 radical (unpaired) electrons. The molecule has 0 spiro atoms. The van der Waals surface area contributed by atoms with E-state index in [0.717, 1.165) is 5.75 Å². The lowest BCUT2D eigenvalue weighted by Gasteiger charge is -2.26. The van der Waals surface area contributed by atoms with Crippen LogP contribution in [0, 0.1) is 0 Å². The summed E-state index contributed by atoms with van der Waals surface area (Å²) in [4.78, 5) is 0. The normalized spacial score (nSPS) is 11.1. The molecule has 5 aromatic carbocycles. The van der Waals surface area contributed by atoms with E-state index in [1.54, 1.807) is 0 Å². The third-order valence-electron chi connectivity index (χ3n) is 5.56. The number of hydrogen-bond donors (Lipinski definition) is 0. The largest absolute Gasteiger partial charge is 0.334 e. The molecule has 154 valence electrons. The van der Waals surface area contributed by atoms with E-state index >= 15 is 0 Å². The van der Waals surface area contributed by atoms with E-state index in [1.165, 1.54) is 27.0 Å². The standard InChI is InChI=1S/C30H24OP/c1-5-13-25(14-6-1)26-21-23-27(24-22-26)31-32(28-15-7-2-8-16-28,29-17-9-3-10-18-29)30-19-11-4-12-20-30/h1-24H/q+1. The summed E-state index contributed by atoms with van der Waals surface area (Å²) in [6.07, 6.45) is 0. The first kappa shape index (κ1) is 20.2. The monoisotopic (exact) mass is 431 g/mol. The Morgan fingerprint density at radius 1 is 0.344 bits per heavy atom. The topological polar surface area (TPSA) is 9.23 Å². The van der Waals surface area contributed by atoms with Crippen LogP contribution < -0.4 is 20.4 Å². The van der Waals surface area contributed by atoms with Crippen molar-refractivity contribution in [3.63, 3.8) is 0 Å². The van der Waals surface area contributed by atoms with Crippen molar-refractivity contribution in [2.75, 3.05) is 0 Å². The molecule has 0 amide bonds. The Labute approximate surface area is 190 Å². The first-order valence-electron chi connectivity index (χ1n) is 10.8. The number of rotatable bonds is 6. The lowest BCUT2D eigenvalue weighted by Crippen LogP contribution is -2.34. The zero-order valence-electron chi connectivity index (χ0n) is 17.7. The van der Waals surface area contributed by atoms with Gasteiger partial charge in [-0.3, -0.25) is 0 Å². The van der Waals surface area contributed by atoms with Gasteiger partial charge in [-0.2, -0.15) is 0 Å². The molecule has 0 aliphatic rings. The summed E-state index contributed by atoms with van der Waals surface area (Å²) >= 11 is 0. The highest BCUT2D eigenvalue weighted by Gasteiger charge is 2.49. The van der Waals surface area contributed by atoms with Crippen LogP contribution in [0.5, 0.6) is 5.75 Å². The lowest BCUT2D eigenvalue weighted by atomic mass is 10.1. The lowest BCUT2D eigenvalue weighted by molar-refractivity contribution is 0.620. The maximum atomic E-state index is 7.06. The molecule has 0 unspecified atom stereocenters. The fourth-order valence-electron chi connectivity index (χ4n) is 4.02. The van der Waals surface area contributed by atoms with Gasteiger partial charge in [0.25, 0.3) is 7.49 Å². The van der Waals surface area contributed by atoms with Gasteiger partial charge < -0.3 is 4.52 Å². The quantitative estimate of drug-likeness (QED) is 0.274. The summed E-state index contributed by atoms with van der Waals surface area (Å²) in [5, 5.41) is 3.60. The van der Waals surface area contributed by atoms with Gasteiger partial charge in [-0.15, -0.1) is 0 Å². The van der Waals surface area contributed by atoms with Crippen LogP contribution in [0.4, 0.5) is 0 Å². The summed E-state index contributed by atoms with van der Waals surface area (Å²) in [6, 6.07) is 50.8. The Hall–Kier alpha value is -3.67. The minimum atomic E-state index is -2.36. The zero-order chi connectivity index (χ0) is 21.6. The molecule has 0 fully saturated rings. The molecule has 0 atom stereocenters.